The lowest BCUT2D eigenvalue weighted by Crippen LogP contribution is -2.25. The molecule has 0 spiro atoms. The van der Waals surface area contributed by atoms with Crippen molar-refractivity contribution in [1.29, 1.82) is 0 Å². The lowest BCUT2D eigenvalue weighted by Gasteiger charge is -2.20. The Balaban J connectivity index is 2.22. The summed E-state index contributed by atoms with van der Waals surface area (Å²) in [5.74, 6) is -0.774. The molecule has 1 heterocycles. The van der Waals surface area contributed by atoms with Crippen LogP contribution in [0.1, 0.15) is 41.5 Å². The van der Waals surface area contributed by atoms with Crippen molar-refractivity contribution in [2.24, 2.45) is 0 Å². The molecule has 0 aliphatic heterocycles. The van der Waals surface area contributed by atoms with E-state index >= 15 is 0 Å². The Morgan fingerprint density at radius 2 is 1.78 bits per heavy atom. The Morgan fingerprint density at radius 1 is 1.13 bits per heavy atom. The number of benzene rings is 1. The predicted octanol–water partition coefficient (Wildman–Crippen LogP) is 3.94. The average molecular weight is 333 g/mol. The maximum absolute atomic E-state index is 12.2. The van der Waals surface area contributed by atoms with E-state index in [1.54, 1.807) is 57.2 Å². The Hall–Kier alpha value is -2.40. The van der Waals surface area contributed by atoms with Crippen molar-refractivity contribution in [1.82, 2.24) is 4.98 Å². The van der Waals surface area contributed by atoms with Gasteiger partial charge in [0.15, 0.2) is 0 Å². The van der Waals surface area contributed by atoms with E-state index in [0.29, 0.717) is 10.6 Å². The van der Waals surface area contributed by atoms with E-state index in [0.717, 1.165) is 0 Å². The van der Waals surface area contributed by atoms with Gasteiger partial charge in [0.05, 0.1) is 0 Å². The zero-order valence-electron chi connectivity index (χ0n) is 13.1. The third kappa shape index (κ3) is 4.79. The number of hydrogen-bond acceptors (Lipinski definition) is 4. The third-order valence-electron chi connectivity index (χ3n) is 2.76. The molecule has 0 saturated carbocycles. The number of esters is 1. The largest absolute Gasteiger partial charge is 0.456 e. The molecule has 0 aliphatic rings. The Kier molecular flexibility index (Phi) is 5.01. The van der Waals surface area contributed by atoms with Crippen molar-refractivity contribution in [2.75, 3.05) is 5.32 Å². The first-order chi connectivity index (χ1) is 10.8. The standard InChI is InChI=1S/C17H17ClN2O3/c1-17(2,3)23-16(22)13-5-4-10-19-14(13)20-15(21)11-6-8-12(18)9-7-11/h4-10H,1-3H3,(H,19,20,21). The lowest BCUT2D eigenvalue weighted by atomic mass is 10.1. The summed E-state index contributed by atoms with van der Waals surface area (Å²) in [4.78, 5) is 28.5. The van der Waals surface area contributed by atoms with Crippen LogP contribution in [-0.4, -0.2) is 22.5 Å². The molecule has 23 heavy (non-hydrogen) atoms. The fraction of sp³-hybridized carbons (Fsp3) is 0.235. The minimum Gasteiger partial charge on any atom is -0.456 e. The number of ether oxygens (including phenoxy) is 1. The molecule has 1 amide bonds. The van der Waals surface area contributed by atoms with E-state index in [4.69, 9.17) is 16.3 Å². The Bertz CT molecular complexity index is 721. The van der Waals surface area contributed by atoms with Gasteiger partial charge < -0.3 is 10.1 Å². The number of carbonyl (C=O) groups excluding carboxylic acids is 2. The second kappa shape index (κ2) is 6.79. The number of halogens is 1. The smallest absolute Gasteiger partial charge is 0.342 e. The van der Waals surface area contributed by atoms with Gasteiger partial charge in [-0.2, -0.15) is 0 Å². The van der Waals surface area contributed by atoms with E-state index in [1.807, 2.05) is 0 Å². The van der Waals surface area contributed by atoms with Crippen LogP contribution in [0.2, 0.25) is 5.02 Å². The van der Waals surface area contributed by atoms with Gasteiger partial charge in [0, 0.05) is 16.8 Å². The van der Waals surface area contributed by atoms with Crippen LogP contribution in [0.3, 0.4) is 0 Å². The number of nitrogens with zero attached hydrogens (tertiary/aromatic N) is 1. The number of hydrogen-bond donors (Lipinski definition) is 1. The lowest BCUT2D eigenvalue weighted by molar-refractivity contribution is 0.00704. The van der Waals surface area contributed by atoms with Crippen LogP contribution in [0, 0.1) is 0 Å². The normalized spacial score (nSPS) is 11.0. The zero-order valence-corrected chi connectivity index (χ0v) is 13.8. The molecule has 1 aromatic carbocycles. The molecule has 6 heteroatoms. The maximum Gasteiger partial charge on any atom is 0.342 e. The minimum atomic E-state index is -0.635. The summed E-state index contributed by atoms with van der Waals surface area (Å²) < 4.78 is 5.32. The van der Waals surface area contributed by atoms with E-state index in [1.165, 1.54) is 6.20 Å². The van der Waals surface area contributed by atoms with Crippen molar-refractivity contribution in [3.05, 3.63) is 58.7 Å². The SMILES string of the molecule is CC(C)(C)OC(=O)c1cccnc1NC(=O)c1ccc(Cl)cc1. The number of anilines is 1. The monoisotopic (exact) mass is 332 g/mol. The number of amides is 1. The highest BCUT2D eigenvalue weighted by atomic mass is 35.5. The second-order valence-corrected chi connectivity index (χ2v) is 6.30. The molecule has 0 radical (unpaired) electrons. The Morgan fingerprint density at radius 3 is 2.39 bits per heavy atom. The van der Waals surface area contributed by atoms with Gasteiger partial charge in [-0.1, -0.05) is 11.6 Å². The van der Waals surface area contributed by atoms with Gasteiger partial charge in [-0.05, 0) is 57.2 Å². The molecule has 0 bridgehead atoms. The van der Waals surface area contributed by atoms with Crippen LogP contribution in [0.15, 0.2) is 42.6 Å². The molecule has 2 rings (SSSR count). The van der Waals surface area contributed by atoms with Gasteiger partial charge in [0.25, 0.3) is 5.91 Å². The van der Waals surface area contributed by atoms with Crippen LogP contribution < -0.4 is 5.32 Å². The molecule has 1 N–H and O–H groups in total. The average Bonchev–Trinajstić information content (AvgIpc) is 2.46. The third-order valence-corrected chi connectivity index (χ3v) is 3.02. The summed E-state index contributed by atoms with van der Waals surface area (Å²) in [6.07, 6.45) is 1.49. The fourth-order valence-corrected chi connectivity index (χ4v) is 1.91. The summed E-state index contributed by atoms with van der Waals surface area (Å²) in [5, 5.41) is 3.15. The van der Waals surface area contributed by atoms with E-state index < -0.39 is 11.6 Å². The highest BCUT2D eigenvalue weighted by Crippen LogP contribution is 2.18. The van der Waals surface area contributed by atoms with Crippen LogP contribution in [0.4, 0.5) is 5.82 Å². The van der Waals surface area contributed by atoms with E-state index in [9.17, 15) is 9.59 Å². The van der Waals surface area contributed by atoms with Crippen LogP contribution in [0.5, 0.6) is 0 Å². The molecular weight excluding hydrogens is 316 g/mol. The molecule has 0 saturated heterocycles. The second-order valence-electron chi connectivity index (χ2n) is 5.86. The molecule has 0 aliphatic carbocycles. The first-order valence-electron chi connectivity index (χ1n) is 7.01. The molecule has 0 unspecified atom stereocenters. The van der Waals surface area contributed by atoms with Crippen LogP contribution >= 0.6 is 11.6 Å². The van der Waals surface area contributed by atoms with Crippen molar-refractivity contribution in [3.8, 4) is 0 Å². The van der Waals surface area contributed by atoms with Gasteiger partial charge in [-0.25, -0.2) is 9.78 Å². The quantitative estimate of drug-likeness (QED) is 0.864. The molecule has 5 nitrogen and oxygen atoms in total. The molecule has 0 fully saturated rings. The number of rotatable bonds is 3. The summed E-state index contributed by atoms with van der Waals surface area (Å²) in [7, 11) is 0. The van der Waals surface area contributed by atoms with Crippen molar-refractivity contribution < 1.29 is 14.3 Å². The minimum absolute atomic E-state index is 0.154. The summed E-state index contributed by atoms with van der Waals surface area (Å²) in [5.41, 5.74) is -0.0235. The van der Waals surface area contributed by atoms with E-state index in [-0.39, 0.29) is 17.3 Å². The van der Waals surface area contributed by atoms with E-state index in [2.05, 4.69) is 10.3 Å². The summed E-state index contributed by atoms with van der Waals surface area (Å²) >= 11 is 5.80. The van der Waals surface area contributed by atoms with Crippen LogP contribution in [0.25, 0.3) is 0 Å². The molecular formula is C17H17ClN2O3. The maximum atomic E-state index is 12.2. The fourth-order valence-electron chi connectivity index (χ4n) is 1.78. The van der Waals surface area contributed by atoms with Gasteiger partial charge in [0.1, 0.15) is 17.0 Å². The first kappa shape index (κ1) is 17.0. The van der Waals surface area contributed by atoms with Crippen molar-refractivity contribution in [3.63, 3.8) is 0 Å². The summed E-state index contributed by atoms with van der Waals surface area (Å²) in [6.45, 7) is 5.31. The van der Waals surface area contributed by atoms with Crippen molar-refractivity contribution >= 4 is 29.3 Å². The topological polar surface area (TPSA) is 68.3 Å². The molecule has 1 aromatic heterocycles. The predicted molar refractivity (Wildman–Crippen MR) is 88.8 cm³/mol. The van der Waals surface area contributed by atoms with Gasteiger partial charge in [0.2, 0.25) is 0 Å². The number of carbonyl (C=O) groups is 2. The molecule has 2 aromatic rings. The molecule has 120 valence electrons. The van der Waals surface area contributed by atoms with Gasteiger partial charge in [-0.15, -0.1) is 0 Å². The van der Waals surface area contributed by atoms with Crippen molar-refractivity contribution in [2.45, 2.75) is 26.4 Å². The van der Waals surface area contributed by atoms with Gasteiger partial charge >= 0.3 is 5.97 Å². The zero-order chi connectivity index (χ0) is 17.0. The number of pyridine rings is 1. The first-order valence-corrected chi connectivity index (χ1v) is 7.39. The summed E-state index contributed by atoms with van der Waals surface area (Å²) in [6, 6.07) is 9.57. The number of nitrogens with one attached hydrogen (secondary N) is 1. The number of aromatic nitrogens is 1. The Labute approximate surface area is 139 Å². The highest BCUT2D eigenvalue weighted by molar-refractivity contribution is 6.30. The van der Waals surface area contributed by atoms with Crippen LogP contribution in [-0.2, 0) is 4.74 Å². The highest BCUT2D eigenvalue weighted by Gasteiger charge is 2.21. The molecule has 0 atom stereocenters. The van der Waals surface area contributed by atoms with Gasteiger partial charge in [-0.3, -0.25) is 4.79 Å².